The van der Waals surface area contributed by atoms with Crippen molar-refractivity contribution < 1.29 is 0 Å². The molecule has 0 nitrogen and oxygen atoms in total. The van der Waals surface area contributed by atoms with E-state index >= 15 is 0 Å². The van der Waals surface area contributed by atoms with Gasteiger partial charge in [-0.3, -0.25) is 0 Å². The fourth-order valence-corrected chi connectivity index (χ4v) is 9.12. The van der Waals surface area contributed by atoms with Crippen molar-refractivity contribution in [1.82, 2.24) is 0 Å². The third-order valence-electron chi connectivity index (χ3n) is 13.1. The molecule has 0 aromatic carbocycles. The Labute approximate surface area is 266 Å². The van der Waals surface area contributed by atoms with Gasteiger partial charge in [0.1, 0.15) is 0 Å². The molecule has 0 saturated heterocycles. The third-order valence-corrected chi connectivity index (χ3v) is 13.1. The molecular weight excluding hydrogens is 504 g/mol. The van der Waals surface area contributed by atoms with Gasteiger partial charge in [0.05, 0.1) is 0 Å². The molecule has 0 N–H and O–H groups in total. The molecule has 2 aliphatic carbocycles. The number of hydrogen-bond donors (Lipinski definition) is 0. The summed E-state index contributed by atoms with van der Waals surface area (Å²) in [4.78, 5) is 0. The van der Waals surface area contributed by atoms with Crippen LogP contribution in [0.1, 0.15) is 185 Å². The van der Waals surface area contributed by atoms with Crippen LogP contribution in [0, 0.1) is 58.2 Å². The Morgan fingerprint density at radius 2 is 0.810 bits per heavy atom. The van der Waals surface area contributed by atoms with E-state index in [9.17, 15) is 0 Å². The lowest BCUT2D eigenvalue weighted by molar-refractivity contribution is 0.104. The molecule has 0 heterocycles. The first-order valence-electron chi connectivity index (χ1n) is 19.0. The number of hydrogen-bond acceptors (Lipinski definition) is 0. The standard InChI is InChI=1S/C42H78/c1-31(19-15-21-33(3)23-25-39-37(7)35(5)27-29-41(39,9)10)17-13-14-18-32(2)20-16-22-34(4)24-26-40-38(8)36(6)28-30-42(40,11)12/h31-34,37-40H,5-6,13-30H2,1-4,7-12H3. The van der Waals surface area contributed by atoms with Crippen molar-refractivity contribution in [3.63, 3.8) is 0 Å². The zero-order chi connectivity index (χ0) is 31.5. The first-order valence-corrected chi connectivity index (χ1v) is 19.0. The zero-order valence-corrected chi connectivity index (χ0v) is 30.8. The molecule has 0 aromatic heterocycles. The molecule has 0 spiro atoms. The average Bonchev–Trinajstić information content (AvgIpc) is 2.91. The second-order valence-electron chi connectivity index (χ2n) is 17.8. The quantitative estimate of drug-likeness (QED) is 0.105. The molecule has 2 rings (SSSR count). The first-order chi connectivity index (χ1) is 19.6. The van der Waals surface area contributed by atoms with Crippen LogP contribution in [0.4, 0.5) is 0 Å². The highest BCUT2D eigenvalue weighted by Gasteiger charge is 2.39. The Morgan fingerprint density at radius 3 is 1.14 bits per heavy atom. The highest BCUT2D eigenvalue weighted by atomic mass is 14.4. The van der Waals surface area contributed by atoms with Crippen molar-refractivity contribution in [2.75, 3.05) is 0 Å². The molecular formula is C42H78. The molecule has 0 aromatic rings. The van der Waals surface area contributed by atoms with Crippen molar-refractivity contribution in [3.8, 4) is 0 Å². The van der Waals surface area contributed by atoms with Crippen LogP contribution in [0.25, 0.3) is 0 Å². The summed E-state index contributed by atoms with van der Waals surface area (Å²) < 4.78 is 0. The van der Waals surface area contributed by atoms with Crippen molar-refractivity contribution in [1.29, 1.82) is 0 Å². The van der Waals surface area contributed by atoms with E-state index in [-0.39, 0.29) is 0 Å². The van der Waals surface area contributed by atoms with E-state index in [0.717, 1.165) is 35.5 Å². The van der Waals surface area contributed by atoms with Gasteiger partial charge in [0.15, 0.2) is 0 Å². The Kier molecular flexibility index (Phi) is 16.0. The van der Waals surface area contributed by atoms with Gasteiger partial charge >= 0.3 is 0 Å². The fourth-order valence-electron chi connectivity index (χ4n) is 9.12. The second kappa shape index (κ2) is 17.8. The van der Waals surface area contributed by atoms with Crippen LogP contribution >= 0.6 is 0 Å². The van der Waals surface area contributed by atoms with Crippen molar-refractivity contribution in [3.05, 3.63) is 24.3 Å². The molecule has 8 unspecified atom stereocenters. The Balaban J connectivity index is 1.49. The van der Waals surface area contributed by atoms with Gasteiger partial charge in [-0.1, -0.05) is 171 Å². The Hall–Kier alpha value is -0.520. The van der Waals surface area contributed by atoms with Crippen molar-refractivity contribution >= 4 is 0 Å². The lowest BCUT2D eigenvalue weighted by Crippen LogP contribution is -2.35. The molecule has 2 aliphatic rings. The highest BCUT2D eigenvalue weighted by molar-refractivity contribution is 5.09. The highest BCUT2D eigenvalue weighted by Crippen LogP contribution is 2.49. The van der Waals surface area contributed by atoms with Gasteiger partial charge in [0.2, 0.25) is 0 Å². The molecule has 8 atom stereocenters. The summed E-state index contributed by atoms with van der Waals surface area (Å²) in [6.45, 7) is 33.7. The maximum Gasteiger partial charge on any atom is -0.0201 e. The molecule has 0 amide bonds. The third kappa shape index (κ3) is 12.5. The van der Waals surface area contributed by atoms with E-state index in [1.54, 1.807) is 0 Å². The minimum absolute atomic E-state index is 0.492. The van der Waals surface area contributed by atoms with Gasteiger partial charge in [0.25, 0.3) is 0 Å². The van der Waals surface area contributed by atoms with Gasteiger partial charge in [-0.25, -0.2) is 0 Å². The van der Waals surface area contributed by atoms with E-state index in [4.69, 9.17) is 0 Å². The summed E-state index contributed by atoms with van der Waals surface area (Å²) in [5.41, 5.74) is 4.01. The van der Waals surface area contributed by atoms with E-state index in [2.05, 4.69) is 82.4 Å². The average molecular weight is 583 g/mol. The molecule has 42 heavy (non-hydrogen) atoms. The molecule has 0 bridgehead atoms. The predicted molar refractivity (Wildman–Crippen MR) is 191 cm³/mol. The van der Waals surface area contributed by atoms with Crippen LogP contribution in [-0.4, -0.2) is 0 Å². The SMILES string of the molecule is C=C1CCC(C)(C)C(CCC(C)CCCC(C)CCCCC(C)CCCC(C)CCC2C(C)C(=C)CCC2(C)C)C1C. The maximum absolute atomic E-state index is 4.39. The second-order valence-corrected chi connectivity index (χ2v) is 17.8. The Morgan fingerprint density at radius 1 is 0.524 bits per heavy atom. The molecule has 2 saturated carbocycles. The van der Waals surface area contributed by atoms with Gasteiger partial charge in [-0.2, -0.15) is 0 Å². The predicted octanol–water partition coefficient (Wildman–Crippen LogP) is 14.2. The Bertz CT molecular complexity index is 716. The van der Waals surface area contributed by atoms with Crippen molar-refractivity contribution in [2.45, 2.75) is 185 Å². The van der Waals surface area contributed by atoms with Crippen molar-refractivity contribution in [2.24, 2.45) is 58.2 Å². The van der Waals surface area contributed by atoms with Gasteiger partial charge in [-0.05, 0) is 96.7 Å². The summed E-state index contributed by atoms with van der Waals surface area (Å²) in [5.74, 6) is 6.64. The fraction of sp³-hybridized carbons (Fsp3) is 0.905. The number of unbranched alkanes of at least 4 members (excludes halogenated alkanes) is 1. The minimum Gasteiger partial charge on any atom is -0.0996 e. The summed E-state index contributed by atoms with van der Waals surface area (Å²) in [5, 5.41) is 0. The van der Waals surface area contributed by atoms with E-state index in [1.807, 2.05) is 0 Å². The summed E-state index contributed by atoms with van der Waals surface area (Å²) in [6.07, 6.45) is 25.1. The van der Waals surface area contributed by atoms with Crippen LogP contribution in [0.5, 0.6) is 0 Å². The van der Waals surface area contributed by atoms with Crippen LogP contribution in [0.2, 0.25) is 0 Å². The molecule has 0 aliphatic heterocycles. The normalized spacial score (nSPS) is 28.8. The smallest absolute Gasteiger partial charge is 0.0201 e. The lowest BCUT2D eigenvalue weighted by atomic mass is 9.61. The number of rotatable bonds is 19. The molecule has 0 radical (unpaired) electrons. The summed E-state index contributed by atoms with van der Waals surface area (Å²) in [7, 11) is 0. The minimum atomic E-state index is 0.492. The summed E-state index contributed by atoms with van der Waals surface area (Å²) in [6, 6.07) is 0. The van der Waals surface area contributed by atoms with Crippen LogP contribution < -0.4 is 0 Å². The largest absolute Gasteiger partial charge is 0.0996 e. The monoisotopic (exact) mass is 583 g/mol. The van der Waals surface area contributed by atoms with Gasteiger partial charge < -0.3 is 0 Å². The first kappa shape index (κ1) is 37.7. The molecule has 246 valence electrons. The molecule has 2 fully saturated rings. The van der Waals surface area contributed by atoms with E-state index in [1.165, 1.54) is 127 Å². The van der Waals surface area contributed by atoms with Crippen LogP contribution in [0.15, 0.2) is 24.3 Å². The van der Waals surface area contributed by atoms with Gasteiger partial charge in [0, 0.05) is 0 Å². The van der Waals surface area contributed by atoms with E-state index < -0.39 is 0 Å². The zero-order valence-electron chi connectivity index (χ0n) is 30.8. The van der Waals surface area contributed by atoms with E-state index in [0.29, 0.717) is 22.7 Å². The topological polar surface area (TPSA) is 0 Å². The van der Waals surface area contributed by atoms with Gasteiger partial charge in [-0.15, -0.1) is 0 Å². The summed E-state index contributed by atoms with van der Waals surface area (Å²) >= 11 is 0. The van der Waals surface area contributed by atoms with Crippen LogP contribution in [-0.2, 0) is 0 Å². The van der Waals surface area contributed by atoms with Crippen LogP contribution in [0.3, 0.4) is 0 Å². The number of allylic oxidation sites excluding steroid dienone is 2. The molecule has 0 heteroatoms. The maximum atomic E-state index is 4.39. The lowest BCUT2D eigenvalue weighted by Gasteiger charge is -2.44.